The number of hydrogen-bond acceptors (Lipinski definition) is 7. The lowest BCUT2D eigenvalue weighted by atomic mass is 10.2. The van der Waals surface area contributed by atoms with Gasteiger partial charge in [0.25, 0.3) is 5.91 Å². The summed E-state index contributed by atoms with van der Waals surface area (Å²) in [7, 11) is 2.16. The third-order valence-corrected chi connectivity index (χ3v) is 6.99. The van der Waals surface area contributed by atoms with Crippen molar-refractivity contribution in [2.45, 2.75) is 6.92 Å². The molecule has 0 spiro atoms. The molecule has 2 aliphatic heterocycles. The van der Waals surface area contributed by atoms with Gasteiger partial charge in [-0.15, -0.1) is 0 Å². The average molecular weight is 477 g/mol. The first-order valence-corrected chi connectivity index (χ1v) is 12.2. The maximum absolute atomic E-state index is 12.5. The van der Waals surface area contributed by atoms with Crippen molar-refractivity contribution in [3.8, 4) is 5.75 Å². The Hall–Kier alpha value is -3.14. The summed E-state index contributed by atoms with van der Waals surface area (Å²) in [4.78, 5) is 30.0. The first-order chi connectivity index (χ1) is 16.5. The Balaban J connectivity index is 1.22. The fraction of sp³-hybridized carbons (Fsp3) is 0.320. The standard InChI is InChI=1S/C25H28N6O2S/c1-17-14-19(33-13-12-31-10-8-30(2)9-11-31)5-6-21(17)28-25-29-24(32)22(34-25)15-18-16-27-23-20(18)4-3-7-26-23/h3-7,14-16H,8-13H2,1-2H3,(H,26,27)(H,28,29,32). The zero-order valence-electron chi connectivity index (χ0n) is 19.4. The van der Waals surface area contributed by atoms with Gasteiger partial charge in [-0.25, -0.2) is 9.98 Å². The monoisotopic (exact) mass is 476 g/mol. The Bertz CT molecular complexity index is 1260. The number of likely N-dealkylation sites (N-methyl/N-ethyl adjacent to an activating group) is 1. The van der Waals surface area contributed by atoms with Gasteiger partial charge < -0.3 is 19.9 Å². The fourth-order valence-electron chi connectivity index (χ4n) is 4.03. The smallest absolute Gasteiger partial charge is 0.264 e. The molecule has 34 heavy (non-hydrogen) atoms. The number of aromatic nitrogens is 2. The molecule has 8 nitrogen and oxygen atoms in total. The van der Waals surface area contributed by atoms with E-state index in [1.165, 1.54) is 11.8 Å². The van der Waals surface area contributed by atoms with Crippen LogP contribution in [0.3, 0.4) is 0 Å². The number of carbonyl (C=O) groups excluding carboxylic acids is 1. The van der Waals surface area contributed by atoms with E-state index in [0.29, 0.717) is 16.7 Å². The van der Waals surface area contributed by atoms with Gasteiger partial charge in [0, 0.05) is 56.1 Å². The van der Waals surface area contributed by atoms with Crippen molar-refractivity contribution in [1.29, 1.82) is 0 Å². The van der Waals surface area contributed by atoms with E-state index in [-0.39, 0.29) is 5.91 Å². The van der Waals surface area contributed by atoms with Gasteiger partial charge in [-0.2, -0.15) is 0 Å². The van der Waals surface area contributed by atoms with E-state index in [1.807, 2.05) is 49.5 Å². The van der Waals surface area contributed by atoms with Crippen molar-refractivity contribution in [2.24, 2.45) is 4.99 Å². The lowest BCUT2D eigenvalue weighted by Gasteiger charge is -2.32. The normalized spacial score (nSPS) is 19.9. The molecule has 0 atom stereocenters. The third-order valence-electron chi connectivity index (χ3n) is 6.08. The second kappa shape index (κ2) is 10.0. The molecule has 176 valence electrons. The van der Waals surface area contributed by atoms with Crippen LogP contribution in [0.15, 0.2) is 52.6 Å². The molecule has 5 rings (SSSR count). The first-order valence-electron chi connectivity index (χ1n) is 11.4. The number of ether oxygens (including phenoxy) is 1. The number of benzene rings is 1. The molecule has 2 aliphatic rings. The lowest BCUT2D eigenvalue weighted by Crippen LogP contribution is -2.45. The molecule has 2 aromatic heterocycles. The van der Waals surface area contributed by atoms with Crippen LogP contribution in [0.2, 0.25) is 0 Å². The summed E-state index contributed by atoms with van der Waals surface area (Å²) < 4.78 is 5.97. The highest BCUT2D eigenvalue weighted by Gasteiger charge is 2.24. The van der Waals surface area contributed by atoms with Gasteiger partial charge in [-0.05, 0) is 67.7 Å². The van der Waals surface area contributed by atoms with Crippen LogP contribution in [0.25, 0.3) is 17.1 Å². The molecule has 0 bridgehead atoms. The number of pyridine rings is 1. The predicted molar refractivity (Wildman–Crippen MR) is 138 cm³/mol. The third kappa shape index (κ3) is 5.16. The topological polar surface area (TPSA) is 85.9 Å². The number of piperazine rings is 1. The average Bonchev–Trinajstić information content (AvgIpc) is 3.40. The Labute approximate surface area is 203 Å². The van der Waals surface area contributed by atoms with Crippen LogP contribution < -0.4 is 10.1 Å². The summed E-state index contributed by atoms with van der Waals surface area (Å²) in [6.07, 6.45) is 5.47. The minimum absolute atomic E-state index is 0.150. The van der Waals surface area contributed by atoms with Gasteiger partial charge in [0.15, 0.2) is 5.17 Å². The van der Waals surface area contributed by atoms with E-state index < -0.39 is 0 Å². The number of hydrogen-bond donors (Lipinski definition) is 2. The maximum Gasteiger partial charge on any atom is 0.264 e. The molecule has 9 heteroatoms. The summed E-state index contributed by atoms with van der Waals surface area (Å²) in [5.74, 6) is 0.690. The van der Waals surface area contributed by atoms with E-state index in [2.05, 4.69) is 37.1 Å². The summed E-state index contributed by atoms with van der Waals surface area (Å²) in [5, 5.41) is 4.42. The second-order valence-electron chi connectivity index (χ2n) is 8.57. The predicted octanol–water partition coefficient (Wildman–Crippen LogP) is 3.39. The molecule has 2 N–H and O–H groups in total. The Kier molecular flexibility index (Phi) is 6.66. The minimum Gasteiger partial charge on any atom is -0.492 e. The van der Waals surface area contributed by atoms with Gasteiger partial charge in [0.1, 0.15) is 18.0 Å². The van der Waals surface area contributed by atoms with Crippen molar-refractivity contribution >= 4 is 45.6 Å². The van der Waals surface area contributed by atoms with Crippen molar-refractivity contribution in [3.05, 3.63) is 58.8 Å². The molecule has 0 radical (unpaired) electrons. The zero-order chi connectivity index (χ0) is 23.5. The number of nitrogens with one attached hydrogen (secondary N) is 2. The van der Waals surface area contributed by atoms with Crippen LogP contribution >= 0.6 is 11.8 Å². The zero-order valence-corrected chi connectivity index (χ0v) is 20.2. The Morgan fingerprint density at radius 2 is 2.09 bits per heavy atom. The number of amides is 1. The molecule has 0 aliphatic carbocycles. The Morgan fingerprint density at radius 1 is 1.24 bits per heavy atom. The van der Waals surface area contributed by atoms with Crippen LogP contribution in [0.5, 0.6) is 5.75 Å². The molecule has 4 heterocycles. The minimum atomic E-state index is -0.150. The number of aromatic amines is 1. The molecule has 2 saturated heterocycles. The molecule has 1 aromatic carbocycles. The Morgan fingerprint density at radius 3 is 2.91 bits per heavy atom. The van der Waals surface area contributed by atoms with E-state index >= 15 is 0 Å². The number of aliphatic imine (C=N–C) groups is 1. The van der Waals surface area contributed by atoms with Crippen molar-refractivity contribution in [2.75, 3.05) is 46.4 Å². The maximum atomic E-state index is 12.5. The summed E-state index contributed by atoms with van der Waals surface area (Å²) in [5.41, 5.74) is 3.54. The number of aryl methyl sites for hydroxylation is 1. The van der Waals surface area contributed by atoms with E-state index in [0.717, 1.165) is 66.3 Å². The van der Waals surface area contributed by atoms with Crippen LogP contribution in [-0.4, -0.2) is 77.2 Å². The highest BCUT2D eigenvalue weighted by molar-refractivity contribution is 8.18. The number of H-pyrrole nitrogens is 1. The SMILES string of the molecule is Cc1cc(OCCN2CCN(C)CC2)ccc1N=C1NC(=O)C(=Cc2c[nH]c3ncccc23)S1. The number of fused-ring (bicyclic) bond motifs is 1. The van der Waals surface area contributed by atoms with E-state index in [9.17, 15) is 4.79 Å². The number of rotatable bonds is 6. The molecule has 0 unspecified atom stereocenters. The molecular weight excluding hydrogens is 448 g/mol. The number of nitrogens with zero attached hydrogens (tertiary/aromatic N) is 4. The van der Waals surface area contributed by atoms with Crippen LogP contribution in [0, 0.1) is 6.92 Å². The first kappa shape index (κ1) is 22.6. The van der Waals surface area contributed by atoms with Crippen LogP contribution in [0.4, 0.5) is 5.69 Å². The van der Waals surface area contributed by atoms with Crippen LogP contribution in [-0.2, 0) is 4.79 Å². The largest absolute Gasteiger partial charge is 0.492 e. The van der Waals surface area contributed by atoms with Gasteiger partial charge in [0.2, 0.25) is 0 Å². The molecule has 1 amide bonds. The van der Waals surface area contributed by atoms with Crippen molar-refractivity contribution < 1.29 is 9.53 Å². The van der Waals surface area contributed by atoms with Gasteiger partial charge in [0.05, 0.1) is 10.6 Å². The van der Waals surface area contributed by atoms with E-state index in [1.54, 1.807) is 6.20 Å². The van der Waals surface area contributed by atoms with Gasteiger partial charge in [-0.1, -0.05) is 0 Å². The lowest BCUT2D eigenvalue weighted by molar-refractivity contribution is -0.115. The molecule has 3 aromatic rings. The van der Waals surface area contributed by atoms with Gasteiger partial charge >= 0.3 is 0 Å². The number of amidine groups is 1. The van der Waals surface area contributed by atoms with Gasteiger partial charge in [-0.3, -0.25) is 9.69 Å². The van der Waals surface area contributed by atoms with Crippen LogP contribution in [0.1, 0.15) is 11.1 Å². The fourth-order valence-corrected chi connectivity index (χ4v) is 4.86. The van der Waals surface area contributed by atoms with Crippen molar-refractivity contribution in [3.63, 3.8) is 0 Å². The summed E-state index contributed by atoms with van der Waals surface area (Å²) in [6.45, 7) is 8.00. The number of thioether (sulfide) groups is 1. The quantitative estimate of drug-likeness (QED) is 0.531. The molecule has 2 fully saturated rings. The summed E-state index contributed by atoms with van der Waals surface area (Å²) in [6, 6.07) is 9.74. The second-order valence-corrected chi connectivity index (χ2v) is 9.60. The van der Waals surface area contributed by atoms with E-state index in [4.69, 9.17) is 4.74 Å². The highest BCUT2D eigenvalue weighted by Crippen LogP contribution is 2.31. The molecule has 0 saturated carbocycles. The summed E-state index contributed by atoms with van der Waals surface area (Å²) >= 11 is 1.34. The molecular formula is C25H28N6O2S. The van der Waals surface area contributed by atoms with Crippen molar-refractivity contribution in [1.82, 2.24) is 25.1 Å². The number of carbonyl (C=O) groups is 1. The highest BCUT2D eigenvalue weighted by atomic mass is 32.2.